The lowest BCUT2D eigenvalue weighted by Crippen LogP contribution is -2.46. The second-order valence-corrected chi connectivity index (χ2v) is 7.53. The van der Waals surface area contributed by atoms with Gasteiger partial charge in [0.15, 0.2) is 9.84 Å². The molecule has 0 spiro atoms. The summed E-state index contributed by atoms with van der Waals surface area (Å²) in [4.78, 5) is 0. The topological polar surface area (TPSA) is 66.4 Å². The summed E-state index contributed by atoms with van der Waals surface area (Å²) in [5.41, 5.74) is 0. The first-order valence-electron chi connectivity index (χ1n) is 6.11. The van der Waals surface area contributed by atoms with E-state index in [-0.39, 0.29) is 17.5 Å². The lowest BCUT2D eigenvalue weighted by atomic mass is 9.87. The molecule has 2 aliphatic rings. The van der Waals surface area contributed by atoms with Gasteiger partial charge < -0.3 is 10.4 Å². The maximum atomic E-state index is 11.3. The van der Waals surface area contributed by atoms with Crippen LogP contribution in [0.25, 0.3) is 0 Å². The summed E-state index contributed by atoms with van der Waals surface area (Å²) in [6.07, 6.45) is 3.89. The summed E-state index contributed by atoms with van der Waals surface area (Å²) in [5.74, 6) is 0.809. The quantitative estimate of drug-likeness (QED) is 0.737. The molecule has 0 radical (unpaired) electrons. The molecule has 2 rings (SSSR count). The van der Waals surface area contributed by atoms with Gasteiger partial charge in [0.1, 0.15) is 0 Å². The molecule has 1 aliphatic heterocycles. The molecule has 2 fully saturated rings. The zero-order chi connectivity index (χ0) is 11.8. The molecule has 94 valence electrons. The average molecular weight is 247 g/mol. The van der Waals surface area contributed by atoms with Gasteiger partial charge in [0.25, 0.3) is 0 Å². The molecule has 4 nitrogen and oxygen atoms in total. The highest BCUT2D eigenvalue weighted by Gasteiger charge is 2.37. The third-order valence-corrected chi connectivity index (χ3v) is 5.50. The fourth-order valence-corrected chi connectivity index (χ4v) is 4.47. The number of hydrogen-bond acceptors (Lipinski definition) is 4. The molecular weight excluding hydrogens is 226 g/mol. The van der Waals surface area contributed by atoms with Crippen LogP contribution >= 0.6 is 0 Å². The average Bonchev–Trinajstić information content (AvgIpc) is 2.44. The number of hydrogen-bond donors (Lipinski definition) is 2. The van der Waals surface area contributed by atoms with Crippen molar-refractivity contribution in [2.75, 3.05) is 11.5 Å². The van der Waals surface area contributed by atoms with Crippen LogP contribution in [0.3, 0.4) is 0 Å². The zero-order valence-electron chi connectivity index (χ0n) is 9.72. The number of nitrogens with one attached hydrogen (secondary N) is 1. The third-order valence-electron chi connectivity index (χ3n) is 3.79. The Kier molecular flexibility index (Phi) is 3.56. The Morgan fingerprint density at radius 2 is 1.75 bits per heavy atom. The van der Waals surface area contributed by atoms with Gasteiger partial charge >= 0.3 is 0 Å². The van der Waals surface area contributed by atoms with Crippen LogP contribution in [-0.2, 0) is 9.84 Å². The second-order valence-electron chi connectivity index (χ2n) is 5.37. The summed E-state index contributed by atoms with van der Waals surface area (Å²) in [5, 5.41) is 13.0. The van der Waals surface area contributed by atoms with E-state index in [1.54, 1.807) is 0 Å². The minimum absolute atomic E-state index is 0.0756. The molecule has 16 heavy (non-hydrogen) atoms. The van der Waals surface area contributed by atoms with E-state index in [9.17, 15) is 13.5 Å². The minimum Gasteiger partial charge on any atom is -0.390 e. The molecule has 1 saturated heterocycles. The smallest absolute Gasteiger partial charge is 0.154 e. The normalized spacial score (nSPS) is 43.4. The van der Waals surface area contributed by atoms with Crippen molar-refractivity contribution in [2.24, 2.45) is 5.92 Å². The van der Waals surface area contributed by atoms with Crippen LogP contribution in [0.2, 0.25) is 0 Å². The Labute approximate surface area is 97.3 Å². The molecule has 1 saturated carbocycles. The molecular formula is C11H21NO3S. The molecule has 2 N–H and O–H groups in total. The van der Waals surface area contributed by atoms with Crippen molar-refractivity contribution in [1.82, 2.24) is 5.32 Å². The number of aliphatic hydroxyl groups excluding tert-OH is 1. The van der Waals surface area contributed by atoms with Gasteiger partial charge in [-0.25, -0.2) is 8.42 Å². The lowest BCUT2D eigenvalue weighted by molar-refractivity contribution is 0.150. The molecule has 0 amide bonds. The largest absolute Gasteiger partial charge is 0.390 e. The summed E-state index contributed by atoms with van der Waals surface area (Å²) >= 11 is 0. The van der Waals surface area contributed by atoms with Gasteiger partial charge in [-0.1, -0.05) is 6.92 Å². The molecule has 2 atom stereocenters. The van der Waals surface area contributed by atoms with Crippen molar-refractivity contribution in [3.63, 3.8) is 0 Å². The Morgan fingerprint density at radius 3 is 2.25 bits per heavy atom. The number of sulfone groups is 1. The van der Waals surface area contributed by atoms with Crippen molar-refractivity contribution in [3.05, 3.63) is 0 Å². The number of aliphatic hydroxyl groups is 1. The molecule has 0 aromatic carbocycles. The van der Waals surface area contributed by atoms with E-state index < -0.39 is 15.9 Å². The van der Waals surface area contributed by atoms with Crippen molar-refractivity contribution in [1.29, 1.82) is 0 Å². The fraction of sp³-hybridized carbons (Fsp3) is 1.00. The van der Waals surface area contributed by atoms with E-state index in [0.717, 1.165) is 18.8 Å². The monoisotopic (exact) mass is 247 g/mol. The highest BCUT2D eigenvalue weighted by atomic mass is 32.2. The van der Waals surface area contributed by atoms with Crippen LogP contribution in [0.15, 0.2) is 0 Å². The first kappa shape index (κ1) is 12.3. The molecule has 2 unspecified atom stereocenters. The Morgan fingerprint density at radius 1 is 1.12 bits per heavy atom. The molecule has 0 bridgehead atoms. The second kappa shape index (κ2) is 4.63. The van der Waals surface area contributed by atoms with Gasteiger partial charge in [-0.15, -0.1) is 0 Å². The van der Waals surface area contributed by atoms with Gasteiger partial charge in [-0.2, -0.15) is 0 Å². The maximum absolute atomic E-state index is 11.3. The minimum atomic E-state index is -3.02. The van der Waals surface area contributed by atoms with E-state index in [2.05, 4.69) is 12.2 Å². The van der Waals surface area contributed by atoms with E-state index in [1.807, 2.05) is 0 Å². The number of rotatable bonds is 2. The van der Waals surface area contributed by atoms with Gasteiger partial charge in [0.2, 0.25) is 0 Å². The van der Waals surface area contributed by atoms with Gasteiger partial charge in [-0.05, 0) is 31.6 Å². The summed E-state index contributed by atoms with van der Waals surface area (Å²) in [6, 6.07) is 0.146. The predicted molar refractivity (Wildman–Crippen MR) is 63.0 cm³/mol. The molecule has 0 aromatic rings. The van der Waals surface area contributed by atoms with Crippen LogP contribution < -0.4 is 5.32 Å². The van der Waals surface area contributed by atoms with Crippen LogP contribution in [0.5, 0.6) is 0 Å². The Hall–Kier alpha value is -0.130. The lowest BCUT2D eigenvalue weighted by Gasteiger charge is -2.30. The van der Waals surface area contributed by atoms with Crippen molar-refractivity contribution in [3.8, 4) is 0 Å². The Balaban J connectivity index is 1.86. The fourth-order valence-electron chi connectivity index (χ4n) is 2.72. The van der Waals surface area contributed by atoms with E-state index in [4.69, 9.17) is 0 Å². The van der Waals surface area contributed by atoms with E-state index in [0.29, 0.717) is 6.04 Å². The summed E-state index contributed by atoms with van der Waals surface area (Å²) in [7, 11) is -3.02. The Bertz CT molecular complexity index is 333. The molecule has 1 aliphatic carbocycles. The van der Waals surface area contributed by atoms with Crippen LogP contribution in [-0.4, -0.2) is 43.2 Å². The molecule has 0 aromatic heterocycles. The SMILES string of the molecule is CC1CCC(NC2CS(=O)(=O)CC2O)CC1. The summed E-state index contributed by atoms with van der Waals surface area (Å²) in [6.45, 7) is 2.26. The van der Waals surface area contributed by atoms with Crippen LogP contribution in [0.4, 0.5) is 0 Å². The zero-order valence-corrected chi connectivity index (χ0v) is 10.5. The van der Waals surface area contributed by atoms with Crippen LogP contribution in [0.1, 0.15) is 32.6 Å². The third kappa shape index (κ3) is 2.96. The van der Waals surface area contributed by atoms with Crippen molar-refractivity contribution in [2.45, 2.75) is 50.8 Å². The molecule has 5 heteroatoms. The van der Waals surface area contributed by atoms with Gasteiger partial charge in [0.05, 0.1) is 17.6 Å². The van der Waals surface area contributed by atoms with Crippen LogP contribution in [0, 0.1) is 5.92 Å². The highest BCUT2D eigenvalue weighted by molar-refractivity contribution is 7.91. The van der Waals surface area contributed by atoms with Gasteiger partial charge in [0, 0.05) is 12.1 Å². The first-order chi connectivity index (χ1) is 7.46. The first-order valence-corrected chi connectivity index (χ1v) is 7.93. The van der Waals surface area contributed by atoms with Gasteiger partial charge in [-0.3, -0.25) is 0 Å². The predicted octanol–water partition coefficient (Wildman–Crippen LogP) is 0.313. The van der Waals surface area contributed by atoms with E-state index >= 15 is 0 Å². The standard InChI is InChI=1S/C11H21NO3S/c1-8-2-4-9(5-3-8)12-10-6-16(14,15)7-11(10)13/h8-13H,2-7H2,1H3. The summed E-state index contributed by atoms with van der Waals surface area (Å²) < 4.78 is 22.7. The molecule has 1 heterocycles. The van der Waals surface area contributed by atoms with E-state index in [1.165, 1.54) is 12.8 Å². The highest BCUT2D eigenvalue weighted by Crippen LogP contribution is 2.25. The van der Waals surface area contributed by atoms with Crippen molar-refractivity contribution < 1.29 is 13.5 Å². The van der Waals surface area contributed by atoms with Crippen molar-refractivity contribution >= 4 is 9.84 Å². The maximum Gasteiger partial charge on any atom is 0.154 e.